The van der Waals surface area contributed by atoms with Crippen molar-refractivity contribution in [2.75, 3.05) is 14.2 Å². The molecule has 2 rings (SSSR count). The molecule has 0 saturated carbocycles. The highest BCUT2D eigenvalue weighted by molar-refractivity contribution is 9.10. The Bertz CT molecular complexity index is 572. The fraction of sp³-hybridized carbons (Fsp3) is 0.250. The summed E-state index contributed by atoms with van der Waals surface area (Å²) in [4.78, 5) is 0. The second-order valence-electron chi connectivity index (χ2n) is 4.37. The number of benzene rings is 2. The van der Waals surface area contributed by atoms with Gasteiger partial charge in [0.05, 0.1) is 14.2 Å². The highest BCUT2D eigenvalue weighted by Crippen LogP contribution is 2.24. The van der Waals surface area contributed by atoms with E-state index in [4.69, 9.17) is 9.47 Å². The monoisotopic (exact) mass is 335 g/mol. The summed E-state index contributed by atoms with van der Waals surface area (Å²) in [5.74, 6) is 1.64. The van der Waals surface area contributed by atoms with Crippen LogP contribution in [0.5, 0.6) is 11.5 Å². The van der Waals surface area contributed by atoms with E-state index >= 15 is 0 Å². The van der Waals surface area contributed by atoms with Gasteiger partial charge in [-0.3, -0.25) is 0 Å². The standard InChI is InChI=1S/C16H18BrNO2/c1-19-14-8-7-13(16(9-14)20-2)11-18-10-12-5-3-4-6-15(12)17/h3-9,18H,10-11H2,1-2H3. The molecule has 0 radical (unpaired) electrons. The number of hydrogen-bond donors (Lipinski definition) is 1. The van der Waals surface area contributed by atoms with E-state index in [-0.39, 0.29) is 0 Å². The van der Waals surface area contributed by atoms with Crippen LogP contribution in [0.4, 0.5) is 0 Å². The Morgan fingerprint density at radius 2 is 1.70 bits per heavy atom. The molecule has 0 aliphatic heterocycles. The summed E-state index contributed by atoms with van der Waals surface area (Å²) in [7, 11) is 3.33. The molecule has 0 aliphatic carbocycles. The Hall–Kier alpha value is -1.52. The van der Waals surface area contributed by atoms with Crippen LogP contribution in [0.3, 0.4) is 0 Å². The molecule has 0 bridgehead atoms. The van der Waals surface area contributed by atoms with E-state index < -0.39 is 0 Å². The van der Waals surface area contributed by atoms with Crippen molar-refractivity contribution in [1.29, 1.82) is 0 Å². The third-order valence-electron chi connectivity index (χ3n) is 3.08. The molecule has 2 aromatic rings. The first-order valence-corrected chi connectivity index (χ1v) is 7.19. The van der Waals surface area contributed by atoms with Gasteiger partial charge in [0.15, 0.2) is 0 Å². The van der Waals surface area contributed by atoms with Crippen LogP contribution in [0.25, 0.3) is 0 Å². The topological polar surface area (TPSA) is 30.5 Å². The molecular weight excluding hydrogens is 318 g/mol. The molecule has 0 aromatic heterocycles. The van der Waals surface area contributed by atoms with Gasteiger partial charge in [-0.2, -0.15) is 0 Å². The van der Waals surface area contributed by atoms with E-state index in [1.807, 2.05) is 36.4 Å². The van der Waals surface area contributed by atoms with Gasteiger partial charge in [0, 0.05) is 29.2 Å². The third-order valence-corrected chi connectivity index (χ3v) is 3.86. The molecular formula is C16H18BrNO2. The van der Waals surface area contributed by atoms with E-state index in [1.165, 1.54) is 5.56 Å². The summed E-state index contributed by atoms with van der Waals surface area (Å²) in [6.07, 6.45) is 0. The van der Waals surface area contributed by atoms with Crippen molar-refractivity contribution >= 4 is 15.9 Å². The molecule has 20 heavy (non-hydrogen) atoms. The smallest absolute Gasteiger partial charge is 0.127 e. The van der Waals surface area contributed by atoms with Crippen molar-refractivity contribution in [3.8, 4) is 11.5 Å². The first kappa shape index (κ1) is 14.9. The number of methoxy groups -OCH3 is 2. The molecule has 4 heteroatoms. The van der Waals surface area contributed by atoms with E-state index in [9.17, 15) is 0 Å². The van der Waals surface area contributed by atoms with Crippen molar-refractivity contribution in [2.45, 2.75) is 13.1 Å². The van der Waals surface area contributed by atoms with Gasteiger partial charge in [-0.1, -0.05) is 40.2 Å². The zero-order valence-corrected chi connectivity index (χ0v) is 13.2. The molecule has 106 valence electrons. The molecule has 0 heterocycles. The molecule has 0 unspecified atom stereocenters. The Balaban J connectivity index is 1.99. The predicted molar refractivity (Wildman–Crippen MR) is 84.2 cm³/mol. The Morgan fingerprint density at radius 3 is 2.40 bits per heavy atom. The SMILES string of the molecule is COc1ccc(CNCc2ccccc2Br)c(OC)c1. The Kier molecular flexibility index (Phi) is 5.44. The number of nitrogens with one attached hydrogen (secondary N) is 1. The molecule has 2 aromatic carbocycles. The fourth-order valence-corrected chi connectivity index (χ4v) is 2.40. The lowest BCUT2D eigenvalue weighted by molar-refractivity contribution is 0.390. The maximum Gasteiger partial charge on any atom is 0.127 e. The normalized spacial score (nSPS) is 10.3. The molecule has 0 saturated heterocycles. The quantitative estimate of drug-likeness (QED) is 0.871. The van der Waals surface area contributed by atoms with Crippen LogP contribution in [0.2, 0.25) is 0 Å². The minimum atomic E-state index is 0.745. The minimum Gasteiger partial charge on any atom is -0.497 e. The lowest BCUT2D eigenvalue weighted by atomic mass is 10.1. The predicted octanol–water partition coefficient (Wildman–Crippen LogP) is 3.76. The lowest BCUT2D eigenvalue weighted by Crippen LogP contribution is -2.13. The number of rotatable bonds is 6. The Labute approximate surface area is 128 Å². The molecule has 1 N–H and O–H groups in total. The number of ether oxygens (including phenoxy) is 2. The highest BCUT2D eigenvalue weighted by Gasteiger charge is 2.05. The van der Waals surface area contributed by atoms with Crippen molar-refractivity contribution in [3.05, 3.63) is 58.1 Å². The van der Waals surface area contributed by atoms with Crippen LogP contribution < -0.4 is 14.8 Å². The van der Waals surface area contributed by atoms with Gasteiger partial charge >= 0.3 is 0 Å². The highest BCUT2D eigenvalue weighted by atomic mass is 79.9. The van der Waals surface area contributed by atoms with Crippen LogP contribution in [-0.4, -0.2) is 14.2 Å². The van der Waals surface area contributed by atoms with Crippen molar-refractivity contribution in [3.63, 3.8) is 0 Å². The first-order chi connectivity index (χ1) is 9.74. The summed E-state index contributed by atoms with van der Waals surface area (Å²) >= 11 is 3.55. The van der Waals surface area contributed by atoms with Crippen molar-refractivity contribution < 1.29 is 9.47 Å². The van der Waals surface area contributed by atoms with Gasteiger partial charge in [-0.05, 0) is 17.7 Å². The maximum atomic E-state index is 5.39. The van der Waals surface area contributed by atoms with Gasteiger partial charge < -0.3 is 14.8 Å². The first-order valence-electron chi connectivity index (χ1n) is 6.39. The van der Waals surface area contributed by atoms with Crippen LogP contribution >= 0.6 is 15.9 Å². The second kappa shape index (κ2) is 7.31. The van der Waals surface area contributed by atoms with Crippen LogP contribution in [0, 0.1) is 0 Å². The van der Waals surface area contributed by atoms with Gasteiger partial charge in [0.25, 0.3) is 0 Å². The third kappa shape index (κ3) is 3.74. The Morgan fingerprint density at radius 1 is 0.950 bits per heavy atom. The molecule has 3 nitrogen and oxygen atoms in total. The second-order valence-corrected chi connectivity index (χ2v) is 5.23. The summed E-state index contributed by atoms with van der Waals surface area (Å²) in [6.45, 7) is 1.55. The summed E-state index contributed by atoms with van der Waals surface area (Å²) < 4.78 is 11.7. The fourth-order valence-electron chi connectivity index (χ4n) is 1.97. The largest absolute Gasteiger partial charge is 0.497 e. The molecule has 0 aliphatic rings. The molecule has 0 fully saturated rings. The maximum absolute atomic E-state index is 5.39. The summed E-state index contributed by atoms with van der Waals surface area (Å²) in [5.41, 5.74) is 2.35. The number of halogens is 1. The average Bonchev–Trinajstić information content (AvgIpc) is 2.49. The molecule has 0 spiro atoms. The van der Waals surface area contributed by atoms with Gasteiger partial charge in [-0.25, -0.2) is 0 Å². The zero-order valence-electron chi connectivity index (χ0n) is 11.7. The van der Waals surface area contributed by atoms with Crippen molar-refractivity contribution in [2.24, 2.45) is 0 Å². The van der Waals surface area contributed by atoms with E-state index in [0.717, 1.165) is 34.6 Å². The minimum absolute atomic E-state index is 0.745. The average molecular weight is 336 g/mol. The van der Waals surface area contributed by atoms with Crippen LogP contribution in [0.15, 0.2) is 46.9 Å². The van der Waals surface area contributed by atoms with E-state index in [2.05, 4.69) is 27.3 Å². The van der Waals surface area contributed by atoms with Gasteiger partial charge in [0.1, 0.15) is 11.5 Å². The van der Waals surface area contributed by atoms with Crippen LogP contribution in [-0.2, 0) is 13.1 Å². The van der Waals surface area contributed by atoms with Gasteiger partial charge in [-0.15, -0.1) is 0 Å². The molecule has 0 amide bonds. The van der Waals surface area contributed by atoms with Gasteiger partial charge in [0.2, 0.25) is 0 Å². The summed E-state index contributed by atoms with van der Waals surface area (Å²) in [5, 5.41) is 3.42. The van der Waals surface area contributed by atoms with E-state index in [1.54, 1.807) is 14.2 Å². The van der Waals surface area contributed by atoms with Crippen LogP contribution in [0.1, 0.15) is 11.1 Å². The van der Waals surface area contributed by atoms with E-state index in [0.29, 0.717) is 0 Å². The van der Waals surface area contributed by atoms with Crippen molar-refractivity contribution in [1.82, 2.24) is 5.32 Å². The molecule has 0 atom stereocenters. The summed E-state index contributed by atoms with van der Waals surface area (Å²) in [6, 6.07) is 14.1. The zero-order chi connectivity index (χ0) is 14.4. The number of hydrogen-bond acceptors (Lipinski definition) is 3. The lowest BCUT2D eigenvalue weighted by Gasteiger charge is -2.12.